The molecule has 0 unspecified atom stereocenters. The normalized spacial score (nSPS) is 18.5. The van der Waals surface area contributed by atoms with Gasteiger partial charge in [-0.3, -0.25) is 14.5 Å². The Bertz CT molecular complexity index is 973. The van der Waals surface area contributed by atoms with Gasteiger partial charge in [-0.1, -0.05) is 31.3 Å². The molecule has 192 valence electrons. The number of aryl methyl sites for hydroxylation is 2. The number of amides is 2. The van der Waals surface area contributed by atoms with E-state index in [1.165, 1.54) is 19.3 Å². The standard InChI is InChI=1S/C25H39N7O3/c1-19(17-32-12-11-26-20(32)2)25(34)31-15-13-30(14-16-31)18-22-27-23(35-28-22)9-10-24(33)29(3)21-7-5-4-6-8-21/h11-12,19,21H,4-10,13-18H2,1-3H3/t19-/m1/s1. The first-order valence-corrected chi connectivity index (χ1v) is 13.0. The second-order valence-corrected chi connectivity index (χ2v) is 10.0. The first-order valence-electron chi connectivity index (χ1n) is 13.0. The summed E-state index contributed by atoms with van der Waals surface area (Å²) < 4.78 is 7.42. The fraction of sp³-hybridized carbons (Fsp3) is 0.720. The Balaban J connectivity index is 1.18. The maximum atomic E-state index is 12.9. The molecular weight excluding hydrogens is 446 g/mol. The topological polar surface area (TPSA) is 101 Å². The Morgan fingerprint density at radius 3 is 2.60 bits per heavy atom. The fourth-order valence-electron chi connectivity index (χ4n) is 5.13. The van der Waals surface area contributed by atoms with Crippen LogP contribution < -0.4 is 0 Å². The number of nitrogens with zero attached hydrogens (tertiary/aromatic N) is 7. The summed E-state index contributed by atoms with van der Waals surface area (Å²) in [6, 6.07) is 0.373. The van der Waals surface area contributed by atoms with Gasteiger partial charge in [0.05, 0.1) is 12.5 Å². The molecule has 3 heterocycles. The summed E-state index contributed by atoms with van der Waals surface area (Å²) in [6.45, 7) is 8.10. The Kier molecular flexibility index (Phi) is 8.54. The van der Waals surface area contributed by atoms with Gasteiger partial charge < -0.3 is 18.9 Å². The monoisotopic (exact) mass is 485 g/mol. The van der Waals surface area contributed by atoms with Crippen LogP contribution in [-0.2, 0) is 29.1 Å². The molecule has 10 nitrogen and oxygen atoms in total. The van der Waals surface area contributed by atoms with Crippen LogP contribution in [0.4, 0.5) is 0 Å². The van der Waals surface area contributed by atoms with Crippen LogP contribution in [0.2, 0.25) is 0 Å². The van der Waals surface area contributed by atoms with Crippen LogP contribution in [0.1, 0.15) is 63.0 Å². The van der Waals surface area contributed by atoms with E-state index in [4.69, 9.17) is 4.52 Å². The molecular formula is C25H39N7O3. The molecule has 0 radical (unpaired) electrons. The summed E-state index contributed by atoms with van der Waals surface area (Å²) in [5.74, 6) is 2.32. The molecule has 0 bridgehead atoms. The van der Waals surface area contributed by atoms with Crippen molar-refractivity contribution in [1.82, 2.24) is 34.4 Å². The van der Waals surface area contributed by atoms with Crippen molar-refractivity contribution in [3.8, 4) is 0 Å². The number of carbonyl (C=O) groups is 2. The van der Waals surface area contributed by atoms with Gasteiger partial charge in [-0.05, 0) is 19.8 Å². The number of hydrogen-bond acceptors (Lipinski definition) is 7. The molecule has 0 spiro atoms. The fourth-order valence-corrected chi connectivity index (χ4v) is 5.13. The van der Waals surface area contributed by atoms with E-state index in [9.17, 15) is 9.59 Å². The van der Waals surface area contributed by atoms with E-state index in [1.54, 1.807) is 6.20 Å². The highest BCUT2D eigenvalue weighted by molar-refractivity contribution is 5.78. The molecule has 1 aliphatic carbocycles. The number of imidazole rings is 1. The third-order valence-electron chi connectivity index (χ3n) is 7.44. The zero-order valence-electron chi connectivity index (χ0n) is 21.4. The van der Waals surface area contributed by atoms with Gasteiger partial charge in [0, 0.05) is 71.0 Å². The van der Waals surface area contributed by atoms with Crippen LogP contribution in [0.3, 0.4) is 0 Å². The van der Waals surface area contributed by atoms with Gasteiger partial charge in [0.15, 0.2) is 5.82 Å². The van der Waals surface area contributed by atoms with E-state index in [-0.39, 0.29) is 17.7 Å². The summed E-state index contributed by atoms with van der Waals surface area (Å²) in [4.78, 5) is 40.3. The van der Waals surface area contributed by atoms with Crippen LogP contribution in [0.15, 0.2) is 16.9 Å². The molecule has 1 aliphatic heterocycles. The smallest absolute Gasteiger partial charge is 0.227 e. The second kappa shape index (κ2) is 11.8. The Morgan fingerprint density at radius 2 is 1.91 bits per heavy atom. The predicted molar refractivity (Wildman–Crippen MR) is 130 cm³/mol. The maximum Gasteiger partial charge on any atom is 0.227 e. The minimum atomic E-state index is -0.0888. The zero-order chi connectivity index (χ0) is 24.8. The number of hydrogen-bond donors (Lipinski definition) is 0. The van der Waals surface area contributed by atoms with Crippen LogP contribution in [0.25, 0.3) is 0 Å². The first kappa shape index (κ1) is 25.3. The highest BCUT2D eigenvalue weighted by Gasteiger charge is 2.26. The minimum absolute atomic E-state index is 0.0888. The minimum Gasteiger partial charge on any atom is -0.343 e. The Labute approximate surface area is 207 Å². The van der Waals surface area contributed by atoms with Gasteiger partial charge in [-0.2, -0.15) is 4.98 Å². The van der Waals surface area contributed by atoms with Crippen LogP contribution in [0.5, 0.6) is 0 Å². The average Bonchev–Trinajstić information content (AvgIpc) is 3.51. The molecule has 1 atom stereocenters. The number of carbonyl (C=O) groups excluding carboxylic acids is 2. The third kappa shape index (κ3) is 6.68. The second-order valence-electron chi connectivity index (χ2n) is 10.0. The lowest BCUT2D eigenvalue weighted by molar-refractivity contribution is -0.137. The number of piperazine rings is 1. The zero-order valence-corrected chi connectivity index (χ0v) is 21.4. The molecule has 0 aromatic carbocycles. The average molecular weight is 486 g/mol. The third-order valence-corrected chi connectivity index (χ3v) is 7.44. The van der Waals surface area contributed by atoms with E-state index in [1.807, 2.05) is 41.5 Å². The molecule has 35 heavy (non-hydrogen) atoms. The molecule has 2 fully saturated rings. The van der Waals surface area contributed by atoms with Gasteiger partial charge in [-0.25, -0.2) is 4.98 Å². The predicted octanol–water partition coefficient (Wildman–Crippen LogP) is 2.28. The molecule has 0 N–H and O–H groups in total. The quantitative estimate of drug-likeness (QED) is 0.537. The van der Waals surface area contributed by atoms with Crippen LogP contribution >= 0.6 is 0 Å². The van der Waals surface area contributed by atoms with Crippen molar-refractivity contribution in [2.24, 2.45) is 5.92 Å². The molecule has 10 heteroatoms. The van der Waals surface area contributed by atoms with Crippen LogP contribution in [0, 0.1) is 12.8 Å². The highest BCUT2D eigenvalue weighted by atomic mass is 16.5. The summed E-state index contributed by atoms with van der Waals surface area (Å²) in [7, 11) is 1.92. The van der Waals surface area contributed by atoms with E-state index in [0.717, 1.165) is 31.8 Å². The van der Waals surface area contributed by atoms with Crippen molar-refractivity contribution in [2.75, 3.05) is 33.2 Å². The van der Waals surface area contributed by atoms with Gasteiger partial charge in [-0.15, -0.1) is 0 Å². The van der Waals surface area contributed by atoms with Crippen molar-refractivity contribution < 1.29 is 14.1 Å². The van der Waals surface area contributed by atoms with E-state index in [0.29, 0.717) is 56.8 Å². The first-order chi connectivity index (χ1) is 16.9. The number of rotatable bonds is 9. The summed E-state index contributed by atoms with van der Waals surface area (Å²) in [5, 5.41) is 4.11. The van der Waals surface area contributed by atoms with E-state index >= 15 is 0 Å². The van der Waals surface area contributed by atoms with Crippen molar-refractivity contribution in [3.63, 3.8) is 0 Å². The van der Waals surface area contributed by atoms with Crippen LogP contribution in [-0.4, -0.2) is 85.5 Å². The molecule has 2 aromatic rings. The summed E-state index contributed by atoms with van der Waals surface area (Å²) in [5.41, 5.74) is 0. The molecule has 2 aromatic heterocycles. The lowest BCUT2D eigenvalue weighted by atomic mass is 9.94. The van der Waals surface area contributed by atoms with Gasteiger partial charge in [0.25, 0.3) is 0 Å². The molecule has 4 rings (SSSR count). The summed E-state index contributed by atoms with van der Waals surface area (Å²) >= 11 is 0. The van der Waals surface area contributed by atoms with Crippen molar-refractivity contribution in [2.45, 2.75) is 77.9 Å². The Hall–Kier alpha value is -2.75. The van der Waals surface area contributed by atoms with E-state index < -0.39 is 0 Å². The summed E-state index contributed by atoms with van der Waals surface area (Å²) in [6.07, 6.45) is 10.5. The van der Waals surface area contributed by atoms with Gasteiger partial charge >= 0.3 is 0 Å². The van der Waals surface area contributed by atoms with Crippen molar-refractivity contribution in [3.05, 3.63) is 29.9 Å². The highest BCUT2D eigenvalue weighted by Crippen LogP contribution is 2.22. The molecule has 1 saturated carbocycles. The van der Waals surface area contributed by atoms with Gasteiger partial charge in [0.1, 0.15) is 5.82 Å². The Morgan fingerprint density at radius 1 is 1.17 bits per heavy atom. The van der Waals surface area contributed by atoms with Gasteiger partial charge in [0.2, 0.25) is 17.7 Å². The largest absolute Gasteiger partial charge is 0.343 e. The van der Waals surface area contributed by atoms with E-state index in [2.05, 4.69) is 20.0 Å². The number of aromatic nitrogens is 4. The maximum absolute atomic E-state index is 12.9. The molecule has 2 amide bonds. The van der Waals surface area contributed by atoms with Crippen molar-refractivity contribution in [1.29, 1.82) is 0 Å². The SMILES string of the molecule is Cc1nccn1C[C@@H](C)C(=O)N1CCN(Cc2noc(CCC(=O)N(C)C3CCCCC3)n2)CC1. The van der Waals surface area contributed by atoms with Crippen molar-refractivity contribution >= 4 is 11.8 Å². The molecule has 2 aliphatic rings. The lowest BCUT2D eigenvalue weighted by Crippen LogP contribution is -2.50. The lowest BCUT2D eigenvalue weighted by Gasteiger charge is -2.35. The molecule has 1 saturated heterocycles.